The molecule has 2 rings (SSSR count). The molecule has 0 spiro atoms. The summed E-state index contributed by atoms with van der Waals surface area (Å²) in [6.07, 6.45) is 3.40. The molecule has 1 aliphatic heterocycles. The van der Waals surface area contributed by atoms with Gasteiger partial charge in [-0.2, -0.15) is 0 Å². The predicted octanol–water partition coefficient (Wildman–Crippen LogP) is 2.07. The molecule has 0 aromatic rings. The Balaban J connectivity index is 2.04. The van der Waals surface area contributed by atoms with E-state index in [0.717, 1.165) is 0 Å². The zero-order chi connectivity index (χ0) is 12.1. The molecule has 0 radical (unpaired) electrons. The molecule has 1 heterocycles. The molecule has 0 amide bonds. The molecule has 3 nitrogen and oxygen atoms in total. The average Bonchev–Trinajstić information content (AvgIpc) is 2.87. The highest BCUT2D eigenvalue weighted by Gasteiger charge is 2.53. The Morgan fingerprint density at radius 1 is 1.19 bits per heavy atom. The lowest BCUT2D eigenvalue weighted by atomic mass is 10.0. The van der Waals surface area contributed by atoms with Crippen LogP contribution in [0.5, 0.6) is 0 Å². The first-order valence-electron chi connectivity index (χ1n) is 5.92. The van der Waals surface area contributed by atoms with Gasteiger partial charge in [0.15, 0.2) is 8.32 Å². The second-order valence-corrected chi connectivity index (χ2v) is 11.0. The summed E-state index contributed by atoms with van der Waals surface area (Å²) in [5.41, 5.74) is 0. The summed E-state index contributed by atoms with van der Waals surface area (Å²) >= 11 is 0. The van der Waals surface area contributed by atoms with Crippen LogP contribution in [0.2, 0.25) is 18.1 Å². The van der Waals surface area contributed by atoms with Gasteiger partial charge >= 0.3 is 0 Å². The van der Waals surface area contributed by atoms with E-state index in [9.17, 15) is 5.11 Å². The van der Waals surface area contributed by atoms with Crippen LogP contribution in [-0.4, -0.2) is 37.8 Å². The molecule has 1 saturated heterocycles. The van der Waals surface area contributed by atoms with Gasteiger partial charge in [0.2, 0.25) is 0 Å². The first-order chi connectivity index (χ1) is 7.22. The zero-order valence-electron chi connectivity index (χ0n) is 10.7. The van der Waals surface area contributed by atoms with Gasteiger partial charge in [-0.1, -0.05) is 32.9 Å². The van der Waals surface area contributed by atoms with Gasteiger partial charge in [-0.05, 0) is 18.1 Å². The Hall–Kier alpha value is -0.163. The third-order valence-electron chi connectivity index (χ3n) is 3.96. The number of fused-ring (bicyclic) bond motifs is 1. The molecule has 4 heteroatoms. The lowest BCUT2D eigenvalue weighted by Gasteiger charge is -2.38. The minimum atomic E-state index is -1.74. The topological polar surface area (TPSA) is 42.0 Å². The molecule has 1 aliphatic carbocycles. The molecule has 1 N–H and O–H groups in total. The molecular weight excluding hydrogens is 220 g/mol. The zero-order valence-corrected chi connectivity index (χ0v) is 11.7. The molecule has 92 valence electrons. The van der Waals surface area contributed by atoms with Gasteiger partial charge in [0.05, 0.1) is 6.10 Å². The summed E-state index contributed by atoms with van der Waals surface area (Å²) < 4.78 is 11.7. The number of aliphatic hydroxyl groups is 1. The second-order valence-electron chi connectivity index (χ2n) is 6.28. The van der Waals surface area contributed by atoms with E-state index in [4.69, 9.17) is 9.16 Å². The summed E-state index contributed by atoms with van der Waals surface area (Å²) in [6, 6.07) is 0. The standard InChI is InChI=1S/C12H22O3Si/c1-12(2,3)16(4,5)15-9-7-6-8(13)10-11(9)14-10/h6-11,13H,1-5H3/t8-,9-,10-,11+/m0/s1. The summed E-state index contributed by atoms with van der Waals surface area (Å²) in [4.78, 5) is 0. The molecule has 0 saturated carbocycles. The van der Waals surface area contributed by atoms with E-state index in [2.05, 4.69) is 33.9 Å². The van der Waals surface area contributed by atoms with E-state index < -0.39 is 14.4 Å². The molecule has 16 heavy (non-hydrogen) atoms. The van der Waals surface area contributed by atoms with Crippen LogP contribution in [0.25, 0.3) is 0 Å². The van der Waals surface area contributed by atoms with E-state index in [1.54, 1.807) is 6.08 Å². The maximum Gasteiger partial charge on any atom is 0.193 e. The molecule has 0 bridgehead atoms. The third-order valence-corrected chi connectivity index (χ3v) is 8.43. The van der Waals surface area contributed by atoms with Crippen LogP contribution in [0.1, 0.15) is 20.8 Å². The fourth-order valence-electron chi connectivity index (χ4n) is 1.74. The van der Waals surface area contributed by atoms with Crippen LogP contribution in [0.3, 0.4) is 0 Å². The molecule has 0 aromatic heterocycles. The number of rotatable bonds is 2. The van der Waals surface area contributed by atoms with Gasteiger partial charge < -0.3 is 14.3 Å². The number of hydrogen-bond donors (Lipinski definition) is 1. The van der Waals surface area contributed by atoms with Gasteiger partial charge in [0.25, 0.3) is 0 Å². The van der Waals surface area contributed by atoms with Gasteiger partial charge in [0.1, 0.15) is 18.3 Å². The van der Waals surface area contributed by atoms with Crippen molar-refractivity contribution in [2.45, 2.75) is 63.3 Å². The quantitative estimate of drug-likeness (QED) is 0.458. The Labute approximate surface area is 98.6 Å². The van der Waals surface area contributed by atoms with E-state index in [1.165, 1.54) is 0 Å². The highest BCUT2D eigenvalue weighted by atomic mass is 28.4. The Morgan fingerprint density at radius 3 is 2.38 bits per heavy atom. The Bertz CT molecular complexity index is 306. The summed E-state index contributed by atoms with van der Waals surface area (Å²) in [5, 5.41) is 9.75. The van der Waals surface area contributed by atoms with Crippen molar-refractivity contribution in [3.63, 3.8) is 0 Å². The van der Waals surface area contributed by atoms with E-state index >= 15 is 0 Å². The minimum absolute atomic E-state index is 0.0280. The molecule has 0 unspecified atom stereocenters. The van der Waals surface area contributed by atoms with E-state index in [1.807, 2.05) is 6.08 Å². The van der Waals surface area contributed by atoms with Gasteiger partial charge in [-0.3, -0.25) is 0 Å². The monoisotopic (exact) mass is 242 g/mol. The highest BCUT2D eigenvalue weighted by molar-refractivity contribution is 6.74. The van der Waals surface area contributed by atoms with Crippen LogP contribution < -0.4 is 0 Å². The molecule has 1 fully saturated rings. The smallest absolute Gasteiger partial charge is 0.193 e. The van der Waals surface area contributed by atoms with Crippen molar-refractivity contribution in [3.05, 3.63) is 12.2 Å². The van der Waals surface area contributed by atoms with Crippen molar-refractivity contribution < 1.29 is 14.3 Å². The Morgan fingerprint density at radius 2 is 1.81 bits per heavy atom. The van der Waals surface area contributed by atoms with Crippen LogP contribution in [0.15, 0.2) is 12.2 Å². The molecule has 2 aliphatic rings. The van der Waals surface area contributed by atoms with Crippen LogP contribution in [0.4, 0.5) is 0 Å². The van der Waals surface area contributed by atoms with Crippen LogP contribution >= 0.6 is 0 Å². The first-order valence-corrected chi connectivity index (χ1v) is 8.83. The van der Waals surface area contributed by atoms with Crippen LogP contribution in [0, 0.1) is 0 Å². The largest absolute Gasteiger partial charge is 0.408 e. The lowest BCUT2D eigenvalue weighted by molar-refractivity contribution is 0.176. The average molecular weight is 242 g/mol. The van der Waals surface area contributed by atoms with E-state index in [0.29, 0.717) is 0 Å². The molecular formula is C12H22O3Si. The summed E-state index contributed by atoms with van der Waals surface area (Å²) in [5.74, 6) is 0. The minimum Gasteiger partial charge on any atom is -0.408 e. The number of epoxide rings is 1. The van der Waals surface area contributed by atoms with Gasteiger partial charge in [0, 0.05) is 0 Å². The molecule has 0 aromatic carbocycles. The number of hydrogen-bond acceptors (Lipinski definition) is 3. The lowest BCUT2D eigenvalue weighted by Crippen LogP contribution is -2.46. The predicted molar refractivity (Wildman–Crippen MR) is 65.9 cm³/mol. The maximum atomic E-state index is 9.54. The van der Waals surface area contributed by atoms with Crippen LogP contribution in [-0.2, 0) is 9.16 Å². The van der Waals surface area contributed by atoms with Crippen molar-refractivity contribution in [1.82, 2.24) is 0 Å². The third kappa shape index (κ3) is 2.11. The first kappa shape index (κ1) is 12.3. The Kier molecular flexibility index (Phi) is 2.82. The summed E-state index contributed by atoms with van der Waals surface area (Å²) in [6.45, 7) is 11.2. The van der Waals surface area contributed by atoms with E-state index in [-0.39, 0.29) is 23.4 Å². The fraction of sp³-hybridized carbons (Fsp3) is 0.833. The van der Waals surface area contributed by atoms with Gasteiger partial charge in [-0.15, -0.1) is 0 Å². The fourth-order valence-corrected chi connectivity index (χ4v) is 2.99. The number of aliphatic hydroxyl groups excluding tert-OH is 1. The van der Waals surface area contributed by atoms with Crippen molar-refractivity contribution in [2.75, 3.05) is 0 Å². The molecule has 4 atom stereocenters. The summed E-state index contributed by atoms with van der Waals surface area (Å²) in [7, 11) is -1.74. The highest BCUT2D eigenvalue weighted by Crippen LogP contribution is 2.41. The SMILES string of the molecule is CC(C)(C)[Si](C)(C)O[C@H]1C=C[C@H](O)[C@@H]2O[C@@H]21. The normalized spacial score (nSPS) is 38.4. The number of ether oxygens (including phenoxy) is 1. The van der Waals surface area contributed by atoms with Crippen molar-refractivity contribution in [2.24, 2.45) is 0 Å². The van der Waals surface area contributed by atoms with Crippen molar-refractivity contribution >= 4 is 8.32 Å². The maximum absolute atomic E-state index is 9.54. The van der Waals surface area contributed by atoms with Crippen molar-refractivity contribution in [1.29, 1.82) is 0 Å². The van der Waals surface area contributed by atoms with Crippen molar-refractivity contribution in [3.8, 4) is 0 Å². The van der Waals surface area contributed by atoms with Gasteiger partial charge in [-0.25, -0.2) is 0 Å². The second kappa shape index (κ2) is 3.67.